The number of Topliss-reactive ketones (excluding diaryl/α,β-unsaturated/α-hetero) is 1. The van der Waals surface area contributed by atoms with E-state index in [-0.39, 0.29) is 27.9 Å². The Morgan fingerprint density at radius 2 is 1.72 bits per heavy atom. The van der Waals surface area contributed by atoms with E-state index in [4.69, 9.17) is 14.2 Å². The first-order valence-electron chi connectivity index (χ1n) is 15.3. The minimum Gasteiger partial charge on any atom is -0.507 e. The molecule has 47 heavy (non-hydrogen) atoms. The zero-order valence-electron chi connectivity index (χ0n) is 26.5. The van der Waals surface area contributed by atoms with Gasteiger partial charge in [-0.2, -0.15) is 0 Å². The van der Waals surface area contributed by atoms with Gasteiger partial charge in [0, 0.05) is 5.56 Å². The van der Waals surface area contributed by atoms with Crippen LogP contribution in [0.25, 0.3) is 5.76 Å². The molecule has 10 heteroatoms. The van der Waals surface area contributed by atoms with E-state index in [0.717, 1.165) is 35.3 Å². The second-order valence-corrected chi connectivity index (χ2v) is 12.0. The van der Waals surface area contributed by atoms with Crippen molar-refractivity contribution in [2.45, 2.75) is 46.3 Å². The van der Waals surface area contributed by atoms with Crippen molar-refractivity contribution in [3.63, 3.8) is 0 Å². The molecule has 3 aromatic carbocycles. The standard InChI is InChI=1S/C37H36N2O7S/c1-5-7-20-44-28-15-11-26(12-16-28)31-30(32(40)27-13-17-29(18-14-27)46-22-25-10-8-9-23(3)21-25)33(41)35(42)39(31)37-38-24(4)34(47-37)36(43)45-19-6-2/h6,8-18,21,31,40H,2,5,7,19-20,22H2,1,3-4H3/b32-30+. The molecule has 0 radical (unpaired) electrons. The Morgan fingerprint density at radius 1 is 1.02 bits per heavy atom. The molecule has 1 aliphatic rings. The van der Waals surface area contributed by atoms with Gasteiger partial charge in [0.1, 0.15) is 35.3 Å². The first-order valence-corrected chi connectivity index (χ1v) is 16.1. The summed E-state index contributed by atoms with van der Waals surface area (Å²) in [5.41, 5.74) is 3.28. The zero-order valence-corrected chi connectivity index (χ0v) is 27.3. The van der Waals surface area contributed by atoms with E-state index >= 15 is 0 Å². The number of ether oxygens (including phenoxy) is 3. The van der Waals surface area contributed by atoms with Crippen molar-refractivity contribution in [3.05, 3.63) is 124 Å². The molecule has 1 aromatic heterocycles. The average Bonchev–Trinajstić information content (AvgIpc) is 3.58. The molecule has 5 rings (SSSR count). The molecule has 9 nitrogen and oxygen atoms in total. The number of aliphatic hydroxyl groups is 1. The molecule has 1 saturated heterocycles. The Morgan fingerprint density at radius 3 is 2.40 bits per heavy atom. The van der Waals surface area contributed by atoms with E-state index in [2.05, 4.69) is 18.5 Å². The number of nitrogens with zero attached hydrogens (tertiary/aromatic N) is 2. The number of hydrogen-bond acceptors (Lipinski definition) is 9. The third-order valence-electron chi connectivity index (χ3n) is 7.53. The summed E-state index contributed by atoms with van der Waals surface area (Å²) < 4.78 is 16.9. The number of carbonyl (C=O) groups is 3. The molecule has 4 aromatic rings. The van der Waals surface area contributed by atoms with Gasteiger partial charge in [-0.15, -0.1) is 0 Å². The summed E-state index contributed by atoms with van der Waals surface area (Å²) in [6, 6.07) is 20.7. The average molecular weight is 653 g/mol. The van der Waals surface area contributed by atoms with Crippen molar-refractivity contribution in [1.29, 1.82) is 0 Å². The number of aliphatic hydroxyl groups excluding tert-OH is 1. The van der Waals surface area contributed by atoms with E-state index in [1.165, 1.54) is 11.0 Å². The molecule has 0 saturated carbocycles. The zero-order chi connectivity index (χ0) is 33.5. The third-order valence-corrected chi connectivity index (χ3v) is 8.67. The van der Waals surface area contributed by atoms with E-state index in [0.29, 0.717) is 41.5 Å². The van der Waals surface area contributed by atoms with Crippen molar-refractivity contribution in [1.82, 2.24) is 4.98 Å². The van der Waals surface area contributed by atoms with Crippen LogP contribution < -0.4 is 14.4 Å². The molecule has 1 N–H and O–H groups in total. The van der Waals surface area contributed by atoms with Crippen molar-refractivity contribution < 1.29 is 33.7 Å². The van der Waals surface area contributed by atoms with Crippen LogP contribution in [-0.4, -0.2) is 41.0 Å². The van der Waals surface area contributed by atoms with Gasteiger partial charge in [-0.05, 0) is 67.8 Å². The maximum absolute atomic E-state index is 13.7. The topological polar surface area (TPSA) is 115 Å². The van der Waals surface area contributed by atoms with Crippen LogP contribution in [0, 0.1) is 13.8 Å². The number of anilines is 1. The lowest BCUT2D eigenvalue weighted by atomic mass is 9.95. The van der Waals surface area contributed by atoms with Crippen molar-refractivity contribution in [2.75, 3.05) is 18.1 Å². The van der Waals surface area contributed by atoms with Gasteiger partial charge in [0.2, 0.25) is 0 Å². The molecule has 242 valence electrons. The van der Waals surface area contributed by atoms with Crippen molar-refractivity contribution in [3.8, 4) is 11.5 Å². The van der Waals surface area contributed by atoms with Crippen LogP contribution in [0.2, 0.25) is 0 Å². The predicted octanol–water partition coefficient (Wildman–Crippen LogP) is 7.49. The van der Waals surface area contributed by atoms with Gasteiger partial charge in [-0.3, -0.25) is 14.5 Å². The Balaban J connectivity index is 1.51. The Labute approximate surface area is 277 Å². The Kier molecular flexibility index (Phi) is 10.5. The van der Waals surface area contributed by atoms with Crippen LogP contribution in [0.4, 0.5) is 5.13 Å². The highest BCUT2D eigenvalue weighted by molar-refractivity contribution is 7.17. The molecule has 0 aliphatic carbocycles. The number of benzene rings is 3. The minimum atomic E-state index is -1.03. The summed E-state index contributed by atoms with van der Waals surface area (Å²) in [6.07, 6.45) is 3.34. The van der Waals surface area contributed by atoms with Crippen molar-refractivity contribution in [2.24, 2.45) is 0 Å². The number of hydrogen-bond donors (Lipinski definition) is 1. The Bertz CT molecular complexity index is 1810. The first kappa shape index (κ1) is 33.2. The fraction of sp³-hybridized carbons (Fsp3) is 0.243. The number of unbranched alkanes of at least 4 members (excludes halogenated alkanes) is 1. The van der Waals surface area contributed by atoms with E-state index in [9.17, 15) is 19.5 Å². The van der Waals surface area contributed by atoms with Gasteiger partial charge in [-0.1, -0.05) is 79.3 Å². The number of carbonyl (C=O) groups excluding carboxylic acids is 3. The lowest BCUT2D eigenvalue weighted by Crippen LogP contribution is -2.29. The van der Waals surface area contributed by atoms with Crippen LogP contribution in [-0.2, 0) is 20.9 Å². The second kappa shape index (κ2) is 14.9. The van der Waals surface area contributed by atoms with E-state index < -0.39 is 23.7 Å². The molecular formula is C37H36N2O7S. The third kappa shape index (κ3) is 7.44. The van der Waals surface area contributed by atoms with E-state index in [1.54, 1.807) is 55.5 Å². The van der Waals surface area contributed by atoms with Gasteiger partial charge in [0.15, 0.2) is 5.13 Å². The lowest BCUT2D eigenvalue weighted by Gasteiger charge is -2.23. The highest BCUT2D eigenvalue weighted by atomic mass is 32.1. The van der Waals surface area contributed by atoms with Gasteiger partial charge in [0.25, 0.3) is 5.78 Å². The number of thiazole rings is 1. The van der Waals surface area contributed by atoms with Crippen LogP contribution >= 0.6 is 11.3 Å². The first-order chi connectivity index (χ1) is 22.7. The minimum absolute atomic E-state index is 0.0124. The lowest BCUT2D eigenvalue weighted by molar-refractivity contribution is -0.132. The summed E-state index contributed by atoms with van der Waals surface area (Å²) >= 11 is 0.940. The molecule has 1 atom stereocenters. The number of aryl methyl sites for hydroxylation is 2. The number of amides is 1. The fourth-order valence-electron chi connectivity index (χ4n) is 5.13. The molecule has 1 aliphatic heterocycles. The fourth-order valence-corrected chi connectivity index (χ4v) is 6.12. The molecule has 0 spiro atoms. The second-order valence-electron chi connectivity index (χ2n) is 11.0. The summed E-state index contributed by atoms with van der Waals surface area (Å²) in [4.78, 5) is 45.9. The highest BCUT2D eigenvalue weighted by Gasteiger charge is 2.48. The van der Waals surface area contributed by atoms with Gasteiger partial charge < -0.3 is 19.3 Å². The largest absolute Gasteiger partial charge is 0.507 e. The van der Waals surface area contributed by atoms with Gasteiger partial charge >= 0.3 is 11.9 Å². The van der Waals surface area contributed by atoms with Crippen LogP contribution in [0.15, 0.2) is 91.0 Å². The smallest absolute Gasteiger partial charge is 0.350 e. The quantitative estimate of drug-likeness (QED) is 0.0395. The van der Waals surface area contributed by atoms with Crippen LogP contribution in [0.5, 0.6) is 11.5 Å². The molecule has 1 amide bonds. The summed E-state index contributed by atoms with van der Waals surface area (Å²) in [5, 5.41) is 11.7. The molecule has 0 bridgehead atoms. The number of aromatic nitrogens is 1. The summed E-state index contributed by atoms with van der Waals surface area (Å²) in [6.45, 7) is 10.2. The van der Waals surface area contributed by atoms with Crippen molar-refractivity contribution >= 4 is 39.9 Å². The van der Waals surface area contributed by atoms with Crippen LogP contribution in [0.1, 0.15) is 63.4 Å². The number of rotatable bonds is 13. The summed E-state index contributed by atoms with van der Waals surface area (Å²) in [7, 11) is 0. The SMILES string of the molecule is C=CCOC(=O)c1sc(N2C(=O)C(=O)/C(=C(/O)c3ccc(OCc4cccc(C)c4)cc3)C2c2ccc(OCCCC)cc2)nc1C. The van der Waals surface area contributed by atoms with Gasteiger partial charge in [0.05, 0.1) is 23.9 Å². The predicted molar refractivity (Wildman–Crippen MR) is 181 cm³/mol. The molecule has 1 fully saturated rings. The summed E-state index contributed by atoms with van der Waals surface area (Å²) in [5.74, 6) is -1.50. The number of ketones is 1. The van der Waals surface area contributed by atoms with Gasteiger partial charge in [-0.25, -0.2) is 9.78 Å². The molecule has 1 unspecified atom stereocenters. The molecular weight excluding hydrogens is 616 g/mol. The van der Waals surface area contributed by atoms with E-state index in [1.807, 2.05) is 31.2 Å². The maximum Gasteiger partial charge on any atom is 0.350 e. The number of esters is 1. The maximum atomic E-state index is 13.7. The monoisotopic (exact) mass is 652 g/mol. The van der Waals surface area contributed by atoms with Crippen LogP contribution in [0.3, 0.4) is 0 Å². The highest BCUT2D eigenvalue weighted by Crippen LogP contribution is 2.44. The normalized spacial score (nSPS) is 15.5. The Hall–Kier alpha value is -5.22. The molecule has 2 heterocycles.